The normalized spacial score (nSPS) is 10.1. The Morgan fingerprint density at radius 1 is 1.21 bits per heavy atom. The van der Waals surface area contributed by atoms with Crippen molar-refractivity contribution in [3.05, 3.63) is 69.3 Å². The smallest absolute Gasteiger partial charge is 0.271 e. The van der Waals surface area contributed by atoms with Gasteiger partial charge in [-0.1, -0.05) is 25.1 Å². The maximum absolute atomic E-state index is 12.2. The second-order valence-corrected chi connectivity index (χ2v) is 5.62. The van der Waals surface area contributed by atoms with Crippen molar-refractivity contribution in [2.75, 3.05) is 5.32 Å². The predicted molar refractivity (Wildman–Crippen MR) is 97.3 cm³/mol. The van der Waals surface area contributed by atoms with E-state index in [9.17, 15) is 14.9 Å². The number of non-ortho nitro benzene ring substituents is 1. The largest absolute Gasteiger partial charge is 0.332 e. The number of carbonyl (C=O) groups is 1. The third-order valence-electron chi connectivity index (χ3n) is 3.53. The number of hydrogen-bond acceptors (Lipinski definition) is 4. The minimum Gasteiger partial charge on any atom is -0.332 e. The molecule has 0 radical (unpaired) electrons. The van der Waals surface area contributed by atoms with Crippen molar-refractivity contribution in [2.45, 2.75) is 20.3 Å². The monoisotopic (exact) mass is 343 g/mol. The number of nitro benzene ring substituents is 1. The maximum atomic E-state index is 12.2. The standard InChI is InChI=1S/C17H17N3O3S/c1-3-12-5-7-13(8-6-12)16(21)19-17(24)18-15-10-14(20(22)23)9-4-11(15)2/h4-10H,3H2,1-2H3,(H2,18,19,21,24). The number of thiocarbonyl (C=S) groups is 1. The fraction of sp³-hybridized carbons (Fsp3) is 0.176. The number of nitrogens with zero attached hydrogens (tertiary/aromatic N) is 1. The first-order chi connectivity index (χ1) is 11.4. The van der Waals surface area contributed by atoms with Crippen LogP contribution in [0.15, 0.2) is 42.5 Å². The van der Waals surface area contributed by atoms with Gasteiger partial charge in [-0.3, -0.25) is 20.2 Å². The fourth-order valence-corrected chi connectivity index (χ4v) is 2.28. The molecular formula is C17H17N3O3S. The Morgan fingerprint density at radius 2 is 1.88 bits per heavy atom. The average molecular weight is 343 g/mol. The highest BCUT2D eigenvalue weighted by atomic mass is 32.1. The van der Waals surface area contributed by atoms with Crippen LogP contribution < -0.4 is 10.6 Å². The minimum atomic E-state index is -0.485. The number of aryl methyl sites for hydroxylation is 2. The highest BCUT2D eigenvalue weighted by Gasteiger charge is 2.12. The van der Waals surface area contributed by atoms with Gasteiger partial charge in [0, 0.05) is 23.4 Å². The topological polar surface area (TPSA) is 84.3 Å². The number of nitrogens with one attached hydrogen (secondary N) is 2. The molecule has 0 unspecified atom stereocenters. The van der Waals surface area contributed by atoms with Gasteiger partial charge in [0.05, 0.1) is 4.92 Å². The van der Waals surface area contributed by atoms with Gasteiger partial charge in [-0.15, -0.1) is 0 Å². The van der Waals surface area contributed by atoms with E-state index in [0.717, 1.165) is 17.5 Å². The fourth-order valence-electron chi connectivity index (χ4n) is 2.08. The summed E-state index contributed by atoms with van der Waals surface area (Å²) in [5.41, 5.74) is 2.85. The van der Waals surface area contributed by atoms with E-state index < -0.39 is 4.92 Å². The van der Waals surface area contributed by atoms with Gasteiger partial charge in [0.2, 0.25) is 0 Å². The molecule has 0 heterocycles. The third-order valence-corrected chi connectivity index (χ3v) is 3.74. The van der Waals surface area contributed by atoms with Crippen LogP contribution in [0, 0.1) is 17.0 Å². The quantitative estimate of drug-likeness (QED) is 0.503. The lowest BCUT2D eigenvalue weighted by Gasteiger charge is -2.11. The van der Waals surface area contributed by atoms with Crippen molar-refractivity contribution in [1.82, 2.24) is 5.32 Å². The average Bonchev–Trinajstić information content (AvgIpc) is 2.56. The van der Waals surface area contributed by atoms with Gasteiger partial charge >= 0.3 is 0 Å². The molecule has 2 rings (SSSR count). The lowest BCUT2D eigenvalue weighted by Crippen LogP contribution is -2.34. The van der Waals surface area contributed by atoms with Crippen LogP contribution in [0.1, 0.15) is 28.4 Å². The van der Waals surface area contributed by atoms with E-state index >= 15 is 0 Å². The molecule has 0 saturated carbocycles. The number of nitro groups is 1. The van der Waals surface area contributed by atoms with Crippen LogP contribution in [-0.2, 0) is 6.42 Å². The van der Waals surface area contributed by atoms with E-state index in [-0.39, 0.29) is 16.7 Å². The van der Waals surface area contributed by atoms with Gasteiger partial charge in [-0.25, -0.2) is 0 Å². The number of rotatable bonds is 4. The van der Waals surface area contributed by atoms with E-state index in [4.69, 9.17) is 12.2 Å². The molecule has 0 saturated heterocycles. The molecule has 7 heteroatoms. The molecule has 2 N–H and O–H groups in total. The van der Waals surface area contributed by atoms with Gasteiger partial charge in [0.1, 0.15) is 0 Å². The summed E-state index contributed by atoms with van der Waals surface area (Å²) in [7, 11) is 0. The van der Waals surface area contributed by atoms with Crippen LogP contribution in [0.2, 0.25) is 0 Å². The summed E-state index contributed by atoms with van der Waals surface area (Å²) in [4.78, 5) is 22.5. The summed E-state index contributed by atoms with van der Waals surface area (Å²) in [6.45, 7) is 3.83. The highest BCUT2D eigenvalue weighted by molar-refractivity contribution is 7.80. The van der Waals surface area contributed by atoms with E-state index in [0.29, 0.717) is 11.3 Å². The SMILES string of the molecule is CCc1ccc(C(=O)NC(=S)Nc2cc([N+](=O)[O-])ccc2C)cc1. The van der Waals surface area contributed by atoms with E-state index in [2.05, 4.69) is 10.6 Å². The summed E-state index contributed by atoms with van der Waals surface area (Å²) >= 11 is 5.12. The van der Waals surface area contributed by atoms with E-state index in [1.165, 1.54) is 12.1 Å². The molecule has 6 nitrogen and oxygen atoms in total. The number of anilines is 1. The molecule has 0 fully saturated rings. The summed E-state index contributed by atoms with van der Waals surface area (Å²) in [5.74, 6) is -0.335. The van der Waals surface area contributed by atoms with Crippen LogP contribution in [0.25, 0.3) is 0 Å². The minimum absolute atomic E-state index is 0.0487. The van der Waals surface area contributed by atoms with Crippen molar-refractivity contribution in [3.8, 4) is 0 Å². The number of carbonyl (C=O) groups excluding carboxylic acids is 1. The zero-order valence-electron chi connectivity index (χ0n) is 13.3. The molecule has 0 bridgehead atoms. The van der Waals surface area contributed by atoms with Crippen LogP contribution in [0.3, 0.4) is 0 Å². The summed E-state index contributed by atoms with van der Waals surface area (Å²) in [6.07, 6.45) is 0.897. The molecule has 0 aliphatic heterocycles. The predicted octanol–water partition coefficient (Wildman–Crippen LogP) is 3.59. The Balaban J connectivity index is 2.06. The van der Waals surface area contributed by atoms with Crippen molar-refractivity contribution in [1.29, 1.82) is 0 Å². The maximum Gasteiger partial charge on any atom is 0.271 e. The molecule has 0 aliphatic carbocycles. The second-order valence-electron chi connectivity index (χ2n) is 5.22. The molecule has 124 valence electrons. The first kappa shape index (κ1) is 17.6. The molecule has 0 aromatic heterocycles. The van der Waals surface area contributed by atoms with Crippen LogP contribution in [-0.4, -0.2) is 15.9 Å². The number of hydrogen-bond donors (Lipinski definition) is 2. The van der Waals surface area contributed by atoms with Crippen molar-refractivity contribution in [3.63, 3.8) is 0 Å². The molecule has 0 aliphatic rings. The van der Waals surface area contributed by atoms with Gasteiger partial charge in [-0.2, -0.15) is 0 Å². The first-order valence-electron chi connectivity index (χ1n) is 7.37. The molecule has 2 aromatic rings. The number of benzene rings is 2. The Morgan fingerprint density at radius 3 is 2.46 bits per heavy atom. The third kappa shape index (κ3) is 4.36. The van der Waals surface area contributed by atoms with Crippen LogP contribution in [0.5, 0.6) is 0 Å². The van der Waals surface area contributed by atoms with Gasteiger partial charge < -0.3 is 5.32 Å². The summed E-state index contributed by atoms with van der Waals surface area (Å²) in [5, 5.41) is 16.3. The van der Waals surface area contributed by atoms with Gasteiger partial charge in [0.25, 0.3) is 11.6 Å². The van der Waals surface area contributed by atoms with Crippen LogP contribution >= 0.6 is 12.2 Å². The highest BCUT2D eigenvalue weighted by Crippen LogP contribution is 2.21. The lowest BCUT2D eigenvalue weighted by molar-refractivity contribution is -0.384. The van der Waals surface area contributed by atoms with Crippen molar-refractivity contribution in [2.24, 2.45) is 0 Å². The molecular weight excluding hydrogens is 326 g/mol. The Labute approximate surface area is 145 Å². The second kappa shape index (κ2) is 7.65. The zero-order valence-corrected chi connectivity index (χ0v) is 14.1. The van der Waals surface area contributed by atoms with Crippen molar-refractivity contribution >= 4 is 34.6 Å². The molecule has 0 spiro atoms. The first-order valence-corrected chi connectivity index (χ1v) is 7.78. The summed E-state index contributed by atoms with van der Waals surface area (Å²) in [6, 6.07) is 11.6. The molecule has 24 heavy (non-hydrogen) atoms. The Hall–Kier alpha value is -2.80. The lowest BCUT2D eigenvalue weighted by atomic mass is 10.1. The van der Waals surface area contributed by atoms with Crippen LogP contribution in [0.4, 0.5) is 11.4 Å². The Kier molecular flexibility index (Phi) is 5.59. The molecule has 2 aromatic carbocycles. The molecule has 1 amide bonds. The van der Waals surface area contributed by atoms with Gasteiger partial charge in [0.15, 0.2) is 5.11 Å². The Bertz CT molecular complexity index is 788. The number of amides is 1. The van der Waals surface area contributed by atoms with E-state index in [1.807, 2.05) is 19.1 Å². The molecule has 0 atom stereocenters. The van der Waals surface area contributed by atoms with Crippen molar-refractivity contribution < 1.29 is 9.72 Å². The van der Waals surface area contributed by atoms with E-state index in [1.54, 1.807) is 25.1 Å². The van der Waals surface area contributed by atoms with Gasteiger partial charge in [-0.05, 0) is 48.8 Å². The summed E-state index contributed by atoms with van der Waals surface area (Å²) < 4.78 is 0. The zero-order chi connectivity index (χ0) is 17.7.